The highest BCUT2D eigenvalue weighted by Gasteiger charge is 2.30. The minimum atomic E-state index is 0.00226. The van der Waals surface area contributed by atoms with Crippen molar-refractivity contribution < 1.29 is 9.32 Å². The molecular formula is C20H22N4O2S. The monoisotopic (exact) mass is 382 g/mol. The van der Waals surface area contributed by atoms with Gasteiger partial charge in [0.05, 0.1) is 17.5 Å². The van der Waals surface area contributed by atoms with Crippen LogP contribution in [0.3, 0.4) is 0 Å². The van der Waals surface area contributed by atoms with Crippen LogP contribution >= 0.6 is 11.3 Å². The smallest absolute Gasteiger partial charge is 0.244 e. The summed E-state index contributed by atoms with van der Waals surface area (Å²) >= 11 is 1.59. The highest BCUT2D eigenvalue weighted by Crippen LogP contribution is 2.31. The van der Waals surface area contributed by atoms with Gasteiger partial charge < -0.3 is 9.84 Å². The number of nitrogens with one attached hydrogen (secondary N) is 1. The zero-order valence-electron chi connectivity index (χ0n) is 15.0. The molecule has 0 bridgehead atoms. The third kappa shape index (κ3) is 4.43. The van der Waals surface area contributed by atoms with E-state index in [9.17, 15) is 4.79 Å². The second-order valence-corrected chi connectivity index (χ2v) is 7.63. The fraction of sp³-hybridized carbons (Fsp3) is 0.350. The Bertz CT molecular complexity index is 863. The summed E-state index contributed by atoms with van der Waals surface area (Å²) < 4.78 is 5.54. The molecule has 2 aromatic heterocycles. The Balaban J connectivity index is 1.39. The predicted octanol–water partition coefficient (Wildman–Crippen LogP) is 3.64. The van der Waals surface area contributed by atoms with Crippen LogP contribution in [-0.4, -0.2) is 34.0 Å². The van der Waals surface area contributed by atoms with Gasteiger partial charge in [-0.3, -0.25) is 9.69 Å². The van der Waals surface area contributed by atoms with Gasteiger partial charge >= 0.3 is 0 Å². The van der Waals surface area contributed by atoms with Crippen LogP contribution in [0.1, 0.15) is 36.8 Å². The topological polar surface area (TPSA) is 71.3 Å². The van der Waals surface area contributed by atoms with Gasteiger partial charge in [0, 0.05) is 6.54 Å². The number of aromatic nitrogens is 2. The van der Waals surface area contributed by atoms with Crippen molar-refractivity contribution in [3.05, 3.63) is 59.3 Å². The summed E-state index contributed by atoms with van der Waals surface area (Å²) in [4.78, 5) is 20.2. The molecule has 0 aliphatic carbocycles. The summed E-state index contributed by atoms with van der Waals surface area (Å²) in [7, 11) is 0. The maximum Gasteiger partial charge on any atom is 0.244 e. The molecule has 1 N–H and O–H groups in total. The summed E-state index contributed by atoms with van der Waals surface area (Å²) in [5, 5.41) is 9.12. The van der Waals surface area contributed by atoms with Crippen LogP contribution in [0.25, 0.3) is 10.7 Å². The molecule has 6 nitrogen and oxygen atoms in total. The van der Waals surface area contributed by atoms with Crippen LogP contribution in [0.5, 0.6) is 0 Å². The molecule has 1 aliphatic rings. The number of piperidine rings is 1. The number of hydrogen-bond donors (Lipinski definition) is 1. The minimum absolute atomic E-state index is 0.00226. The Kier molecular flexibility index (Phi) is 5.60. The lowest BCUT2D eigenvalue weighted by Crippen LogP contribution is -2.41. The largest absolute Gasteiger partial charge is 0.351 e. The molecule has 27 heavy (non-hydrogen) atoms. The Labute approximate surface area is 162 Å². The third-order valence-corrected chi connectivity index (χ3v) is 5.63. The molecular weight excluding hydrogens is 360 g/mol. The first-order chi connectivity index (χ1) is 13.3. The number of thiophene rings is 1. The fourth-order valence-electron chi connectivity index (χ4n) is 3.37. The summed E-state index contributed by atoms with van der Waals surface area (Å²) in [5.41, 5.74) is 1.10. The molecule has 0 saturated carbocycles. The van der Waals surface area contributed by atoms with E-state index >= 15 is 0 Å². The van der Waals surface area contributed by atoms with E-state index in [0.29, 0.717) is 24.8 Å². The highest BCUT2D eigenvalue weighted by atomic mass is 32.1. The Morgan fingerprint density at radius 1 is 1.22 bits per heavy atom. The van der Waals surface area contributed by atoms with Gasteiger partial charge in [0.15, 0.2) is 0 Å². The Morgan fingerprint density at radius 3 is 2.93 bits per heavy atom. The molecule has 0 spiro atoms. The van der Waals surface area contributed by atoms with Gasteiger partial charge in [-0.05, 0) is 36.4 Å². The number of amides is 1. The molecule has 1 fully saturated rings. The van der Waals surface area contributed by atoms with Gasteiger partial charge in [-0.25, -0.2) is 0 Å². The number of likely N-dealkylation sites (tertiary alicyclic amines) is 1. The number of benzene rings is 1. The van der Waals surface area contributed by atoms with Crippen LogP contribution in [0.2, 0.25) is 0 Å². The molecule has 1 atom stereocenters. The average Bonchev–Trinajstić information content (AvgIpc) is 3.39. The number of nitrogens with zero attached hydrogens (tertiary/aromatic N) is 3. The van der Waals surface area contributed by atoms with Gasteiger partial charge in [-0.1, -0.05) is 48.0 Å². The lowest BCUT2D eigenvalue weighted by Gasteiger charge is -2.32. The molecule has 1 saturated heterocycles. The Morgan fingerprint density at radius 2 is 2.11 bits per heavy atom. The lowest BCUT2D eigenvalue weighted by atomic mass is 10.0. The maximum atomic E-state index is 12.4. The Hall–Kier alpha value is -2.51. The molecule has 4 rings (SSSR count). The molecule has 3 aromatic rings. The molecule has 7 heteroatoms. The van der Waals surface area contributed by atoms with Crippen molar-refractivity contribution in [2.24, 2.45) is 0 Å². The molecule has 1 aromatic carbocycles. The zero-order chi connectivity index (χ0) is 18.5. The number of carbonyl (C=O) groups is 1. The molecule has 1 amide bonds. The van der Waals surface area contributed by atoms with Gasteiger partial charge in [-0.15, -0.1) is 11.3 Å². The van der Waals surface area contributed by atoms with E-state index in [-0.39, 0.29) is 11.9 Å². The van der Waals surface area contributed by atoms with Gasteiger partial charge in [0.1, 0.15) is 0 Å². The second kappa shape index (κ2) is 8.45. The number of carbonyl (C=O) groups excluding carboxylic acids is 1. The van der Waals surface area contributed by atoms with E-state index in [2.05, 4.69) is 20.4 Å². The maximum absolute atomic E-state index is 12.4. The van der Waals surface area contributed by atoms with Crippen molar-refractivity contribution in [2.45, 2.75) is 31.8 Å². The SMILES string of the molecule is O=C(CN1CCCC[C@@H]1c1nc(-c2cccs2)no1)NCc1ccccc1. The molecule has 140 valence electrons. The normalized spacial score (nSPS) is 17.7. The van der Waals surface area contributed by atoms with E-state index in [1.54, 1.807) is 11.3 Å². The molecule has 3 heterocycles. The summed E-state index contributed by atoms with van der Waals surface area (Å²) in [5.74, 6) is 1.25. The van der Waals surface area contributed by atoms with E-state index in [1.807, 2.05) is 47.8 Å². The first kappa shape index (κ1) is 17.9. The molecule has 1 aliphatic heterocycles. The summed E-state index contributed by atoms with van der Waals surface area (Å²) in [6.45, 7) is 1.75. The standard InChI is InChI=1S/C20H22N4O2S/c25-18(21-13-15-7-2-1-3-8-15)14-24-11-5-4-9-16(24)20-22-19(23-26-20)17-10-6-12-27-17/h1-3,6-8,10,12,16H,4-5,9,11,13-14H2,(H,21,25)/t16-/m1/s1. The predicted molar refractivity (Wildman–Crippen MR) is 104 cm³/mol. The van der Waals surface area contributed by atoms with Gasteiger partial charge in [0.25, 0.3) is 0 Å². The number of hydrogen-bond acceptors (Lipinski definition) is 6. The van der Waals surface area contributed by atoms with E-state index in [4.69, 9.17) is 4.52 Å². The van der Waals surface area contributed by atoms with Crippen molar-refractivity contribution >= 4 is 17.2 Å². The van der Waals surface area contributed by atoms with Gasteiger partial charge in [0.2, 0.25) is 17.6 Å². The van der Waals surface area contributed by atoms with Crippen LogP contribution in [-0.2, 0) is 11.3 Å². The van der Waals surface area contributed by atoms with Crippen molar-refractivity contribution in [3.63, 3.8) is 0 Å². The lowest BCUT2D eigenvalue weighted by molar-refractivity contribution is -0.123. The van der Waals surface area contributed by atoms with Crippen LogP contribution in [0.15, 0.2) is 52.4 Å². The van der Waals surface area contributed by atoms with E-state index < -0.39 is 0 Å². The van der Waals surface area contributed by atoms with Gasteiger partial charge in [-0.2, -0.15) is 4.98 Å². The average molecular weight is 382 g/mol. The van der Waals surface area contributed by atoms with Crippen molar-refractivity contribution in [3.8, 4) is 10.7 Å². The fourth-order valence-corrected chi connectivity index (χ4v) is 4.02. The first-order valence-electron chi connectivity index (χ1n) is 9.22. The highest BCUT2D eigenvalue weighted by molar-refractivity contribution is 7.13. The van der Waals surface area contributed by atoms with Crippen LogP contribution in [0.4, 0.5) is 0 Å². The zero-order valence-corrected chi connectivity index (χ0v) is 15.8. The number of rotatable bonds is 6. The first-order valence-corrected chi connectivity index (χ1v) is 10.1. The third-order valence-electron chi connectivity index (χ3n) is 4.76. The quantitative estimate of drug-likeness (QED) is 0.705. The molecule has 0 unspecified atom stereocenters. The summed E-state index contributed by atoms with van der Waals surface area (Å²) in [6, 6.07) is 13.9. The van der Waals surface area contributed by atoms with Crippen LogP contribution < -0.4 is 5.32 Å². The minimum Gasteiger partial charge on any atom is -0.351 e. The summed E-state index contributed by atoms with van der Waals surface area (Å²) in [6.07, 6.45) is 3.11. The molecule has 0 radical (unpaired) electrons. The van der Waals surface area contributed by atoms with Crippen LogP contribution in [0, 0.1) is 0 Å². The van der Waals surface area contributed by atoms with Crippen molar-refractivity contribution in [1.29, 1.82) is 0 Å². The second-order valence-electron chi connectivity index (χ2n) is 6.68. The van der Waals surface area contributed by atoms with Crippen molar-refractivity contribution in [1.82, 2.24) is 20.4 Å². The van der Waals surface area contributed by atoms with E-state index in [1.165, 1.54) is 0 Å². The van der Waals surface area contributed by atoms with Crippen molar-refractivity contribution in [2.75, 3.05) is 13.1 Å². The van der Waals surface area contributed by atoms with E-state index in [0.717, 1.165) is 36.2 Å².